The van der Waals surface area contributed by atoms with Crippen molar-refractivity contribution in [2.45, 2.75) is 118 Å². The van der Waals surface area contributed by atoms with Crippen LogP contribution in [0.4, 0.5) is 8.78 Å². The van der Waals surface area contributed by atoms with Gasteiger partial charge in [-0.05, 0) is 107 Å². The summed E-state index contributed by atoms with van der Waals surface area (Å²) in [4.78, 5) is 107. The second-order valence-electron chi connectivity index (χ2n) is 20.1. The Labute approximate surface area is 431 Å². The van der Waals surface area contributed by atoms with E-state index < -0.39 is 92.3 Å². The van der Waals surface area contributed by atoms with Crippen LogP contribution in [0.15, 0.2) is 46.0 Å². The number of aromatic nitrogens is 4. The molecule has 2 aliphatic heterocycles. The molecule has 2 aromatic carbocycles. The molecule has 22 heteroatoms. The SMILES string of the molecule is CC(=O)C(=O)N(C)[C@@H]1COC[C@H](C)n2c1nc(C(=O)CCc1ccc(F)c(C)c1)c(O)c2=O.CC1(C)[C@H](C(=O)O)CC[C@]1(C)C(=O)O.CN[C@@H]1COC[C@H](C)n2c1nc(C(=O)CCc1ccc(F)c(C)c1)c(O)c2=O. The molecule has 5 N–H and O–H groups in total. The maximum Gasteiger partial charge on any atom is 0.309 e. The Kier molecular flexibility index (Phi) is 18.9. The fraction of sp³-hybridized carbons (Fsp3) is 0.509. The molecule has 1 saturated carbocycles. The van der Waals surface area contributed by atoms with Crippen molar-refractivity contribution in [1.82, 2.24) is 29.3 Å². The molecule has 6 atom stereocenters. The zero-order chi connectivity index (χ0) is 56.0. The zero-order valence-corrected chi connectivity index (χ0v) is 43.8. The number of Topliss-reactive ketones (excluding diaryl/α,β-unsaturated/α-hetero) is 3. The van der Waals surface area contributed by atoms with E-state index in [1.165, 1.54) is 28.3 Å². The van der Waals surface area contributed by atoms with Gasteiger partial charge in [-0.1, -0.05) is 38.1 Å². The van der Waals surface area contributed by atoms with Gasteiger partial charge in [0.25, 0.3) is 17.0 Å². The second kappa shape index (κ2) is 24.1. The number of nitrogens with zero attached hydrogens (tertiary/aromatic N) is 5. The van der Waals surface area contributed by atoms with Gasteiger partial charge in [0.05, 0.1) is 55.9 Å². The summed E-state index contributed by atoms with van der Waals surface area (Å²) in [6, 6.07) is 7.03. The van der Waals surface area contributed by atoms with Crippen molar-refractivity contribution < 1.29 is 67.4 Å². The third-order valence-electron chi connectivity index (χ3n) is 14.7. The highest BCUT2D eigenvalue weighted by molar-refractivity contribution is 6.35. The van der Waals surface area contributed by atoms with E-state index in [1.807, 2.05) is 0 Å². The van der Waals surface area contributed by atoms with Gasteiger partial charge in [-0.15, -0.1) is 0 Å². The lowest BCUT2D eigenvalue weighted by molar-refractivity contribution is -0.157. The summed E-state index contributed by atoms with van der Waals surface area (Å²) in [5, 5.41) is 41.9. The topological polar surface area (TPSA) is 287 Å². The molecule has 75 heavy (non-hydrogen) atoms. The van der Waals surface area contributed by atoms with Crippen molar-refractivity contribution >= 4 is 35.2 Å². The van der Waals surface area contributed by atoms with Gasteiger partial charge in [0, 0.05) is 26.8 Å². The molecule has 0 radical (unpaired) electrons. The van der Waals surface area contributed by atoms with Gasteiger partial charge >= 0.3 is 11.9 Å². The number of aliphatic carboxylic acids is 2. The molecular formula is C53H66F2N6O14. The number of nitrogens with one attached hydrogen (secondary N) is 1. The quantitative estimate of drug-likeness (QED) is 0.0810. The fourth-order valence-corrected chi connectivity index (χ4v) is 9.49. The van der Waals surface area contributed by atoms with Crippen LogP contribution in [0.5, 0.6) is 11.5 Å². The number of likely N-dealkylation sites (N-methyl/N-ethyl adjacent to an activating group) is 2. The van der Waals surface area contributed by atoms with Crippen LogP contribution >= 0.6 is 0 Å². The third-order valence-corrected chi connectivity index (χ3v) is 14.7. The van der Waals surface area contributed by atoms with Gasteiger partial charge in [-0.3, -0.25) is 47.5 Å². The molecule has 1 amide bonds. The normalized spacial score (nSPS) is 21.6. The smallest absolute Gasteiger partial charge is 0.309 e. The molecule has 1 aliphatic carbocycles. The van der Waals surface area contributed by atoms with Crippen molar-refractivity contribution in [2.24, 2.45) is 16.7 Å². The van der Waals surface area contributed by atoms with Crippen LogP contribution in [0.2, 0.25) is 0 Å². The number of ether oxygens (including phenoxy) is 2. The van der Waals surface area contributed by atoms with Crippen molar-refractivity contribution in [3.05, 3.63) is 114 Å². The highest BCUT2D eigenvalue weighted by Gasteiger charge is 2.58. The lowest BCUT2D eigenvalue weighted by Gasteiger charge is -2.36. The minimum Gasteiger partial charge on any atom is -0.501 e. The zero-order valence-electron chi connectivity index (χ0n) is 43.8. The number of benzene rings is 2. The van der Waals surface area contributed by atoms with E-state index in [2.05, 4.69) is 15.3 Å². The minimum atomic E-state index is -0.921. The van der Waals surface area contributed by atoms with Crippen molar-refractivity contribution in [2.75, 3.05) is 40.5 Å². The van der Waals surface area contributed by atoms with E-state index in [1.54, 1.807) is 79.8 Å². The summed E-state index contributed by atoms with van der Waals surface area (Å²) in [6.45, 7) is 13.7. The summed E-state index contributed by atoms with van der Waals surface area (Å²) in [6.07, 6.45) is 1.47. The van der Waals surface area contributed by atoms with E-state index in [0.717, 1.165) is 23.0 Å². The molecule has 0 unspecified atom stereocenters. The van der Waals surface area contributed by atoms with E-state index in [-0.39, 0.29) is 67.7 Å². The lowest BCUT2D eigenvalue weighted by Crippen LogP contribution is -2.42. The van der Waals surface area contributed by atoms with E-state index in [0.29, 0.717) is 49.4 Å². The molecular weight excluding hydrogens is 983 g/mol. The number of ketones is 3. The van der Waals surface area contributed by atoms with E-state index in [4.69, 9.17) is 19.7 Å². The Hall–Kier alpha value is -7.04. The Balaban J connectivity index is 0.000000224. The van der Waals surface area contributed by atoms with Crippen molar-refractivity contribution in [3.63, 3.8) is 0 Å². The number of fused-ring (bicyclic) bond motifs is 2. The number of hydrogen-bond acceptors (Lipinski definition) is 15. The van der Waals surface area contributed by atoms with Crippen molar-refractivity contribution in [1.29, 1.82) is 0 Å². The molecule has 0 saturated heterocycles. The van der Waals surface area contributed by atoms with Crippen LogP contribution in [-0.4, -0.2) is 120 Å². The highest BCUT2D eigenvalue weighted by atomic mass is 19.1. The minimum absolute atomic E-state index is 0.0421. The number of carboxylic acid groups (broad SMARTS) is 2. The number of amides is 1. The van der Waals surface area contributed by atoms with Gasteiger partial charge in [-0.2, -0.15) is 0 Å². The number of aromatic hydroxyl groups is 2. The number of carboxylic acids is 2. The number of carbonyl (C=O) groups is 6. The molecule has 406 valence electrons. The fourth-order valence-electron chi connectivity index (χ4n) is 9.49. The number of aryl methyl sites for hydroxylation is 4. The first-order valence-electron chi connectivity index (χ1n) is 24.4. The molecule has 2 aromatic heterocycles. The predicted octanol–water partition coefficient (Wildman–Crippen LogP) is 5.55. The Morgan fingerprint density at radius 3 is 1.61 bits per heavy atom. The average molecular weight is 1050 g/mol. The number of halogens is 2. The monoisotopic (exact) mass is 1050 g/mol. The number of hydrogen-bond donors (Lipinski definition) is 5. The maximum absolute atomic E-state index is 13.5. The third kappa shape index (κ3) is 12.6. The lowest BCUT2D eigenvalue weighted by atomic mass is 9.66. The summed E-state index contributed by atoms with van der Waals surface area (Å²) < 4.78 is 40.6. The Bertz CT molecular complexity index is 2990. The van der Waals surface area contributed by atoms with Crippen LogP contribution < -0.4 is 16.4 Å². The first-order chi connectivity index (χ1) is 35.1. The van der Waals surface area contributed by atoms with E-state index in [9.17, 15) is 57.4 Å². The van der Waals surface area contributed by atoms with Crippen LogP contribution in [0.3, 0.4) is 0 Å². The summed E-state index contributed by atoms with van der Waals surface area (Å²) >= 11 is 0. The van der Waals surface area contributed by atoms with Gasteiger partial charge < -0.3 is 40.1 Å². The largest absolute Gasteiger partial charge is 0.501 e. The number of rotatable bonds is 13. The van der Waals surface area contributed by atoms with Gasteiger partial charge in [0.15, 0.2) is 23.0 Å². The predicted molar refractivity (Wildman–Crippen MR) is 267 cm³/mol. The van der Waals surface area contributed by atoms with Gasteiger partial charge in [0.2, 0.25) is 17.3 Å². The van der Waals surface area contributed by atoms with Gasteiger partial charge in [0.1, 0.15) is 29.3 Å². The molecule has 7 rings (SSSR count). The Morgan fingerprint density at radius 1 is 0.760 bits per heavy atom. The average Bonchev–Trinajstić information content (AvgIpc) is 3.44. The highest BCUT2D eigenvalue weighted by Crippen LogP contribution is 2.56. The summed E-state index contributed by atoms with van der Waals surface area (Å²) in [5.41, 5.74) is -1.26. The molecule has 4 heterocycles. The molecule has 0 bridgehead atoms. The molecule has 0 spiro atoms. The summed E-state index contributed by atoms with van der Waals surface area (Å²) in [5.74, 6) is -6.51. The first kappa shape index (κ1) is 58.8. The molecule has 1 fully saturated rings. The first-order valence-corrected chi connectivity index (χ1v) is 24.4. The van der Waals surface area contributed by atoms with Crippen LogP contribution in [0.1, 0.15) is 146 Å². The van der Waals surface area contributed by atoms with Crippen LogP contribution in [-0.2, 0) is 41.5 Å². The maximum atomic E-state index is 13.5. The van der Waals surface area contributed by atoms with Crippen LogP contribution in [0, 0.1) is 42.2 Å². The number of carbonyl (C=O) groups excluding carboxylic acids is 4. The van der Waals surface area contributed by atoms with Crippen molar-refractivity contribution in [3.8, 4) is 11.5 Å². The van der Waals surface area contributed by atoms with Crippen LogP contribution in [0.25, 0.3) is 0 Å². The van der Waals surface area contributed by atoms with E-state index >= 15 is 0 Å². The van der Waals surface area contributed by atoms with Gasteiger partial charge in [-0.25, -0.2) is 18.7 Å². The Morgan fingerprint density at radius 2 is 1.21 bits per heavy atom. The molecule has 3 aliphatic rings. The molecule has 20 nitrogen and oxygen atoms in total. The molecule has 4 aromatic rings. The summed E-state index contributed by atoms with van der Waals surface area (Å²) in [7, 11) is 3.10. The standard InChI is InChI=1S/C23H26FN3O6.C20H24FN3O4.C10H16O4/c1-12-9-15(5-7-16(12)24)6-8-18(29)19-20(30)23(32)27-13(2)10-33-11-17(21(27)25-19)26(4)22(31)14(3)28;1-11-8-13(4-6-14(11)21)5-7-16(25)17-18(26)20(27)24-12(2)9-28-10-15(22-3)19(24)23-17;1-9(2)6(7(11)12)4-5-10(9,3)8(13)14/h5,7,9,13,17,30H,6,8,10-11H2,1-4H3;4,6,8,12,15,22,26H,5,7,9-10H2,1-3H3;6H,4-5H2,1-3H3,(H,11,12)(H,13,14)/t13-,17+;12-,15+;6-,10+/m000/s1. The second-order valence-corrected chi connectivity index (χ2v) is 20.1.